The first kappa shape index (κ1) is 17.9. The highest BCUT2D eigenvalue weighted by molar-refractivity contribution is 6.69. The highest BCUT2D eigenvalue weighted by atomic mass is 28.3. The summed E-state index contributed by atoms with van der Waals surface area (Å²) in [6.45, 7) is 9.11. The zero-order chi connectivity index (χ0) is 17.1. The Hall–Kier alpha value is -1.49. The van der Waals surface area contributed by atoms with Crippen LogP contribution in [0.5, 0.6) is 0 Å². The number of carbonyl (C=O) groups excluding carboxylic acids is 3. The molecule has 4 nitrogen and oxygen atoms in total. The molecule has 0 N–H and O–H groups in total. The second-order valence-electron chi connectivity index (χ2n) is 7.24. The van der Waals surface area contributed by atoms with Crippen LogP contribution >= 0.6 is 0 Å². The fourth-order valence-corrected chi connectivity index (χ4v) is 7.88. The van der Waals surface area contributed by atoms with Gasteiger partial charge in [-0.2, -0.15) is 0 Å². The normalized spacial score (nSPS) is 19.0. The van der Waals surface area contributed by atoms with Gasteiger partial charge in [-0.05, 0) is 29.5 Å². The van der Waals surface area contributed by atoms with Gasteiger partial charge in [-0.15, -0.1) is 0 Å². The lowest BCUT2D eigenvalue weighted by atomic mass is 10.0. The van der Waals surface area contributed by atoms with Gasteiger partial charge in [-0.25, -0.2) is 0 Å². The van der Waals surface area contributed by atoms with E-state index in [9.17, 15) is 14.4 Å². The van der Waals surface area contributed by atoms with Crippen LogP contribution in [0.3, 0.4) is 0 Å². The lowest BCUT2D eigenvalue weighted by Crippen LogP contribution is -2.35. The topological polar surface area (TPSA) is 54.5 Å². The molecule has 1 fully saturated rings. The van der Waals surface area contributed by atoms with Gasteiger partial charge >= 0.3 is 0 Å². The third-order valence-electron chi connectivity index (χ3n) is 4.86. The number of amides is 2. The number of allylic oxidation sites excluding steroid dienone is 3. The number of imide groups is 1. The van der Waals surface area contributed by atoms with E-state index >= 15 is 0 Å². The van der Waals surface area contributed by atoms with Gasteiger partial charge in [0.2, 0.25) is 11.8 Å². The zero-order valence-electron chi connectivity index (χ0n) is 14.6. The van der Waals surface area contributed by atoms with Crippen molar-refractivity contribution in [3.63, 3.8) is 0 Å². The third kappa shape index (κ3) is 4.08. The number of Topliss-reactive ketones (excluding diaryl/α,β-unsaturated/α-hetero) is 1. The van der Waals surface area contributed by atoms with E-state index in [0.717, 1.165) is 23.3 Å². The molecule has 0 aromatic rings. The molecule has 1 aliphatic carbocycles. The van der Waals surface area contributed by atoms with E-state index in [1.807, 2.05) is 6.08 Å². The second kappa shape index (κ2) is 7.38. The Kier molecular flexibility index (Phi) is 5.73. The number of hydrogen-bond acceptors (Lipinski definition) is 3. The van der Waals surface area contributed by atoms with Gasteiger partial charge in [0.05, 0.1) is 15.3 Å². The predicted octanol–water partition coefficient (Wildman–Crippen LogP) is 2.94. The summed E-state index contributed by atoms with van der Waals surface area (Å²) in [5, 5.41) is 1.54. The highest BCUT2D eigenvalue weighted by Crippen LogP contribution is 2.32. The molecule has 2 aliphatic rings. The molecule has 1 heterocycles. The summed E-state index contributed by atoms with van der Waals surface area (Å²) in [5.41, 5.74) is 2.18. The van der Waals surface area contributed by atoms with Crippen LogP contribution in [0, 0.1) is 0 Å². The van der Waals surface area contributed by atoms with E-state index in [2.05, 4.69) is 33.8 Å². The van der Waals surface area contributed by atoms with Crippen molar-refractivity contribution in [1.82, 2.24) is 4.90 Å². The summed E-state index contributed by atoms with van der Waals surface area (Å²) in [4.78, 5) is 36.7. The van der Waals surface area contributed by atoms with Crippen LogP contribution in [0.15, 0.2) is 22.9 Å². The fourth-order valence-electron chi connectivity index (χ4n) is 3.83. The van der Waals surface area contributed by atoms with Crippen molar-refractivity contribution >= 4 is 26.4 Å². The van der Waals surface area contributed by atoms with Crippen molar-refractivity contribution < 1.29 is 14.4 Å². The van der Waals surface area contributed by atoms with Crippen LogP contribution in [-0.2, 0) is 14.4 Å². The SMILES string of the molecule is CC(C)[SiH](C1=CC=C(C(=O)CN2C(=O)CCC2=O)CC1)C(C)C. The quantitative estimate of drug-likeness (QED) is 0.555. The third-order valence-corrected chi connectivity index (χ3v) is 9.07. The monoisotopic (exact) mass is 333 g/mol. The van der Waals surface area contributed by atoms with Crippen LogP contribution in [0.4, 0.5) is 0 Å². The molecule has 2 rings (SSSR count). The first-order chi connectivity index (χ1) is 10.8. The van der Waals surface area contributed by atoms with Crippen molar-refractivity contribution in [2.45, 2.75) is 64.5 Å². The van der Waals surface area contributed by atoms with E-state index in [4.69, 9.17) is 0 Å². The van der Waals surface area contributed by atoms with Crippen molar-refractivity contribution in [2.24, 2.45) is 0 Å². The molecule has 1 saturated heterocycles. The minimum atomic E-state index is -0.985. The molecule has 0 spiro atoms. The second-order valence-corrected chi connectivity index (χ2v) is 11.7. The molecule has 23 heavy (non-hydrogen) atoms. The van der Waals surface area contributed by atoms with Crippen LogP contribution in [0.2, 0.25) is 11.1 Å². The number of likely N-dealkylation sites (tertiary alicyclic amines) is 1. The first-order valence-corrected chi connectivity index (χ1v) is 10.5. The summed E-state index contributed by atoms with van der Waals surface area (Å²) >= 11 is 0. The maximum absolute atomic E-state index is 12.4. The molecule has 2 amide bonds. The van der Waals surface area contributed by atoms with E-state index < -0.39 is 8.80 Å². The number of hydrogen-bond donors (Lipinski definition) is 0. The Morgan fingerprint density at radius 3 is 2.00 bits per heavy atom. The van der Waals surface area contributed by atoms with Gasteiger partial charge in [0.15, 0.2) is 5.78 Å². The van der Waals surface area contributed by atoms with E-state index in [0.29, 0.717) is 11.1 Å². The Morgan fingerprint density at radius 1 is 1.00 bits per heavy atom. The lowest BCUT2D eigenvalue weighted by Gasteiger charge is -2.28. The van der Waals surface area contributed by atoms with Crippen molar-refractivity contribution in [2.75, 3.05) is 6.54 Å². The summed E-state index contributed by atoms with van der Waals surface area (Å²) in [5.74, 6) is -0.526. The average Bonchev–Trinajstić information content (AvgIpc) is 2.79. The standard InChI is InChI=1S/C18H27NO3Si/c1-12(2)23(13(3)4)15-7-5-14(6-8-15)16(20)11-19-17(21)9-10-18(19)22/h5,7,12-13,23H,6,8-11H2,1-4H3. The number of carbonyl (C=O) groups is 3. The minimum Gasteiger partial charge on any atom is -0.293 e. The van der Waals surface area contributed by atoms with Crippen LogP contribution in [0.1, 0.15) is 53.4 Å². The Morgan fingerprint density at radius 2 is 1.57 bits per heavy atom. The Labute approximate surface area is 140 Å². The van der Waals surface area contributed by atoms with Gasteiger partial charge in [0.25, 0.3) is 0 Å². The number of ketones is 1. The minimum absolute atomic E-state index is 0.0815. The molecule has 0 aromatic carbocycles. The maximum Gasteiger partial charge on any atom is 0.230 e. The highest BCUT2D eigenvalue weighted by Gasteiger charge is 2.32. The molecule has 5 heteroatoms. The maximum atomic E-state index is 12.4. The Balaban J connectivity index is 2.06. The van der Waals surface area contributed by atoms with Gasteiger partial charge < -0.3 is 0 Å². The number of nitrogens with zero attached hydrogens (tertiary/aromatic N) is 1. The molecule has 0 atom stereocenters. The van der Waals surface area contributed by atoms with Crippen LogP contribution in [-0.4, -0.2) is 37.8 Å². The molecule has 0 bridgehead atoms. The molecule has 0 radical (unpaired) electrons. The molecule has 1 aliphatic heterocycles. The largest absolute Gasteiger partial charge is 0.293 e. The van der Waals surface area contributed by atoms with Crippen LogP contribution in [0.25, 0.3) is 0 Å². The van der Waals surface area contributed by atoms with Crippen LogP contribution < -0.4 is 0 Å². The van der Waals surface area contributed by atoms with Gasteiger partial charge in [0.1, 0.15) is 0 Å². The molecule has 0 unspecified atom stereocenters. The summed E-state index contributed by atoms with van der Waals surface area (Å²) in [6.07, 6.45) is 6.24. The Bertz CT molecular complexity index is 551. The molecular weight excluding hydrogens is 306 g/mol. The summed E-state index contributed by atoms with van der Waals surface area (Å²) in [6, 6.07) is 0. The van der Waals surface area contributed by atoms with Crippen molar-refractivity contribution in [3.8, 4) is 0 Å². The van der Waals surface area contributed by atoms with Gasteiger partial charge in [0, 0.05) is 12.8 Å². The molecule has 126 valence electrons. The fraction of sp³-hybridized carbons (Fsp3) is 0.611. The zero-order valence-corrected chi connectivity index (χ0v) is 15.7. The van der Waals surface area contributed by atoms with Crippen molar-refractivity contribution in [3.05, 3.63) is 22.9 Å². The molecule has 0 aromatic heterocycles. The summed E-state index contributed by atoms with van der Waals surface area (Å²) < 4.78 is 0. The number of rotatable bonds is 6. The van der Waals surface area contributed by atoms with Gasteiger partial charge in [-0.1, -0.05) is 45.0 Å². The summed E-state index contributed by atoms with van der Waals surface area (Å²) in [7, 11) is -0.985. The smallest absolute Gasteiger partial charge is 0.230 e. The van der Waals surface area contributed by atoms with E-state index in [1.165, 1.54) is 0 Å². The first-order valence-electron chi connectivity index (χ1n) is 8.57. The van der Waals surface area contributed by atoms with Gasteiger partial charge in [-0.3, -0.25) is 19.3 Å². The lowest BCUT2D eigenvalue weighted by molar-refractivity contribution is -0.141. The van der Waals surface area contributed by atoms with E-state index in [1.54, 1.807) is 5.20 Å². The predicted molar refractivity (Wildman–Crippen MR) is 93.7 cm³/mol. The molecular formula is C18H27NO3Si. The average molecular weight is 334 g/mol. The van der Waals surface area contributed by atoms with Crippen molar-refractivity contribution in [1.29, 1.82) is 0 Å². The molecule has 0 saturated carbocycles. The van der Waals surface area contributed by atoms with E-state index in [-0.39, 0.29) is 37.0 Å².